The van der Waals surface area contributed by atoms with Crippen LogP contribution in [0.25, 0.3) is 11.2 Å². The molecule has 0 atom stereocenters. The van der Waals surface area contributed by atoms with Crippen molar-refractivity contribution in [2.24, 2.45) is 12.1 Å². The summed E-state index contributed by atoms with van der Waals surface area (Å²) in [6.45, 7) is 2.82. The van der Waals surface area contributed by atoms with Crippen LogP contribution in [0.5, 0.6) is 0 Å². The van der Waals surface area contributed by atoms with Crippen LogP contribution >= 0.6 is 11.6 Å². The molecule has 0 saturated heterocycles. The van der Waals surface area contributed by atoms with Gasteiger partial charge in [0.2, 0.25) is 5.95 Å². The Bertz CT molecular complexity index is 1240. The first-order valence-electron chi connectivity index (χ1n) is 9.28. The van der Waals surface area contributed by atoms with Gasteiger partial charge >= 0.3 is 5.69 Å². The minimum absolute atomic E-state index is 0.0222. The Morgan fingerprint density at radius 2 is 2.00 bits per heavy atom. The summed E-state index contributed by atoms with van der Waals surface area (Å²) in [5.41, 5.74) is 1.27. The molecule has 9 nitrogen and oxygen atoms in total. The Morgan fingerprint density at radius 1 is 1.24 bits per heavy atom. The van der Waals surface area contributed by atoms with Gasteiger partial charge in [-0.3, -0.25) is 18.5 Å². The van der Waals surface area contributed by atoms with Crippen molar-refractivity contribution in [2.45, 2.75) is 26.4 Å². The topological polar surface area (TPSA) is 97.7 Å². The molecule has 10 heteroatoms. The van der Waals surface area contributed by atoms with Crippen LogP contribution in [0, 0.1) is 0 Å². The molecule has 1 aliphatic heterocycles. The molecular weight excluding hydrogens is 396 g/mol. The van der Waals surface area contributed by atoms with Crippen LogP contribution < -0.4 is 16.3 Å². The first-order chi connectivity index (χ1) is 13.9. The number of nitrogens with zero attached hydrogens (tertiary/aromatic N) is 6. The molecule has 3 aromatic rings. The minimum atomic E-state index is -0.461. The van der Waals surface area contributed by atoms with Crippen molar-refractivity contribution < 1.29 is 5.11 Å². The van der Waals surface area contributed by atoms with Gasteiger partial charge in [-0.1, -0.05) is 29.8 Å². The van der Waals surface area contributed by atoms with Crippen molar-refractivity contribution in [3.05, 3.63) is 55.7 Å². The Labute approximate surface area is 171 Å². The van der Waals surface area contributed by atoms with Crippen LogP contribution in [0.15, 0.2) is 39.0 Å². The maximum absolute atomic E-state index is 13.3. The number of halogens is 1. The number of aliphatic hydroxyl groups excluding tert-OH is 1. The summed E-state index contributed by atoms with van der Waals surface area (Å²) in [6.07, 6.45) is 0.510. The van der Waals surface area contributed by atoms with E-state index in [2.05, 4.69) is 10.1 Å². The van der Waals surface area contributed by atoms with E-state index in [0.29, 0.717) is 47.2 Å². The van der Waals surface area contributed by atoms with E-state index < -0.39 is 11.2 Å². The van der Waals surface area contributed by atoms with Crippen LogP contribution in [0.1, 0.15) is 18.9 Å². The van der Waals surface area contributed by atoms with Crippen molar-refractivity contribution in [1.29, 1.82) is 0 Å². The smallest absolute Gasteiger partial charge is 0.332 e. The van der Waals surface area contributed by atoms with Gasteiger partial charge in [-0.25, -0.2) is 9.80 Å². The third-order valence-corrected chi connectivity index (χ3v) is 5.30. The lowest BCUT2D eigenvalue weighted by molar-refractivity contribution is 0.289. The Morgan fingerprint density at radius 3 is 2.72 bits per heavy atom. The van der Waals surface area contributed by atoms with E-state index in [1.165, 1.54) is 9.13 Å². The van der Waals surface area contributed by atoms with Gasteiger partial charge in [-0.05, 0) is 25.0 Å². The highest BCUT2D eigenvalue weighted by Gasteiger charge is 2.26. The molecule has 1 aromatic carbocycles. The first-order valence-corrected chi connectivity index (χ1v) is 9.66. The highest BCUT2D eigenvalue weighted by molar-refractivity contribution is 6.31. The molecule has 0 fully saturated rings. The molecule has 0 amide bonds. The van der Waals surface area contributed by atoms with E-state index in [1.54, 1.807) is 34.8 Å². The first kappa shape index (κ1) is 19.4. The zero-order valence-electron chi connectivity index (χ0n) is 16.2. The molecule has 1 aliphatic rings. The number of imidazole rings is 1. The molecule has 29 heavy (non-hydrogen) atoms. The molecule has 3 heterocycles. The van der Waals surface area contributed by atoms with Crippen molar-refractivity contribution in [3.63, 3.8) is 0 Å². The number of hydrogen-bond acceptors (Lipinski definition) is 6. The van der Waals surface area contributed by atoms with Crippen molar-refractivity contribution >= 4 is 34.4 Å². The molecule has 1 N–H and O–H groups in total. The molecule has 2 aromatic heterocycles. The predicted octanol–water partition coefficient (Wildman–Crippen LogP) is 1.18. The van der Waals surface area contributed by atoms with Crippen LogP contribution in [0.2, 0.25) is 5.02 Å². The van der Waals surface area contributed by atoms with E-state index in [9.17, 15) is 9.59 Å². The number of anilines is 1. The van der Waals surface area contributed by atoms with E-state index in [1.807, 2.05) is 13.0 Å². The zero-order valence-corrected chi connectivity index (χ0v) is 16.9. The average molecular weight is 417 g/mol. The summed E-state index contributed by atoms with van der Waals surface area (Å²) in [5, 5.41) is 15.8. The lowest BCUT2D eigenvalue weighted by atomic mass is 10.2. The van der Waals surface area contributed by atoms with Crippen LogP contribution in [-0.2, 0) is 20.1 Å². The van der Waals surface area contributed by atoms with E-state index >= 15 is 0 Å². The summed E-state index contributed by atoms with van der Waals surface area (Å²) in [7, 11) is 1.60. The maximum atomic E-state index is 13.3. The third-order valence-electron chi connectivity index (χ3n) is 4.94. The molecule has 0 bridgehead atoms. The number of rotatable bonds is 5. The van der Waals surface area contributed by atoms with Gasteiger partial charge in [-0.15, -0.1) is 0 Å². The van der Waals surface area contributed by atoms with Crippen molar-refractivity contribution in [2.75, 3.05) is 18.2 Å². The molecular formula is C19H21ClN6O3. The standard InChI is InChI=1S/C19H21ClN6O3/c1-12-10-24-15-16(21-18(24)26(22-12)8-5-9-27)23(2)19(29)25(17(15)28)11-13-6-3-4-7-14(13)20/h3-4,6-7,27H,5,8-11H2,1-2H3. The van der Waals surface area contributed by atoms with E-state index in [4.69, 9.17) is 16.7 Å². The quantitative estimate of drug-likeness (QED) is 0.673. The highest BCUT2D eigenvalue weighted by Crippen LogP contribution is 2.24. The van der Waals surface area contributed by atoms with Gasteiger partial charge in [0.25, 0.3) is 5.56 Å². The second-order valence-corrected chi connectivity index (χ2v) is 7.44. The largest absolute Gasteiger partial charge is 0.396 e. The maximum Gasteiger partial charge on any atom is 0.332 e. The van der Waals surface area contributed by atoms with Gasteiger partial charge in [0.15, 0.2) is 11.2 Å². The molecule has 4 rings (SSSR count). The summed E-state index contributed by atoms with van der Waals surface area (Å²) in [5.74, 6) is 0.488. The summed E-state index contributed by atoms with van der Waals surface area (Å²) >= 11 is 6.23. The number of fused-ring (bicyclic) bond motifs is 3. The summed E-state index contributed by atoms with van der Waals surface area (Å²) in [4.78, 5) is 30.8. The van der Waals surface area contributed by atoms with Gasteiger partial charge < -0.3 is 5.11 Å². The van der Waals surface area contributed by atoms with Gasteiger partial charge in [0.05, 0.1) is 18.8 Å². The minimum Gasteiger partial charge on any atom is -0.396 e. The van der Waals surface area contributed by atoms with Crippen molar-refractivity contribution in [1.82, 2.24) is 18.7 Å². The number of aliphatic hydroxyl groups is 1. The Balaban J connectivity index is 1.92. The fraction of sp³-hybridized carbons (Fsp3) is 0.368. The lowest BCUT2D eigenvalue weighted by Crippen LogP contribution is -2.40. The monoisotopic (exact) mass is 416 g/mol. The SMILES string of the molecule is CC1=NN(CCCO)c2nc3c(c(=O)n(Cc4ccccc4Cl)c(=O)n3C)n2C1. The number of aromatic nitrogens is 4. The number of hydrogen-bond donors (Lipinski definition) is 1. The summed E-state index contributed by atoms with van der Waals surface area (Å²) < 4.78 is 4.33. The average Bonchev–Trinajstić information content (AvgIpc) is 3.08. The molecule has 0 aliphatic carbocycles. The second kappa shape index (κ2) is 7.49. The lowest BCUT2D eigenvalue weighted by Gasteiger charge is -2.24. The molecule has 0 unspecified atom stereocenters. The van der Waals surface area contributed by atoms with Gasteiger partial charge in [-0.2, -0.15) is 10.1 Å². The molecule has 0 spiro atoms. The predicted molar refractivity (Wildman–Crippen MR) is 112 cm³/mol. The fourth-order valence-corrected chi connectivity index (χ4v) is 3.72. The second-order valence-electron chi connectivity index (χ2n) is 7.03. The van der Waals surface area contributed by atoms with E-state index in [-0.39, 0.29) is 13.2 Å². The van der Waals surface area contributed by atoms with Crippen LogP contribution in [0.3, 0.4) is 0 Å². The summed E-state index contributed by atoms with van der Waals surface area (Å²) in [6, 6.07) is 7.13. The fourth-order valence-electron chi connectivity index (χ4n) is 3.52. The molecule has 0 saturated carbocycles. The molecule has 152 valence electrons. The highest BCUT2D eigenvalue weighted by atomic mass is 35.5. The Hall–Kier alpha value is -2.91. The number of benzene rings is 1. The number of hydrazone groups is 1. The van der Waals surface area contributed by atoms with E-state index in [0.717, 1.165) is 5.71 Å². The Kier molecular flexibility index (Phi) is 5.01. The third kappa shape index (κ3) is 3.26. The van der Waals surface area contributed by atoms with Crippen LogP contribution in [-0.4, -0.2) is 42.7 Å². The van der Waals surface area contributed by atoms with Gasteiger partial charge in [0.1, 0.15) is 0 Å². The number of aryl methyl sites for hydroxylation is 1. The van der Waals surface area contributed by atoms with Crippen LogP contribution in [0.4, 0.5) is 5.95 Å². The zero-order chi connectivity index (χ0) is 20.7. The normalized spacial score (nSPS) is 13.7. The van der Waals surface area contributed by atoms with Gasteiger partial charge in [0, 0.05) is 25.2 Å². The molecule has 0 radical (unpaired) electrons. The van der Waals surface area contributed by atoms with Crippen molar-refractivity contribution in [3.8, 4) is 0 Å².